The Labute approximate surface area is 144 Å². The van der Waals surface area contributed by atoms with Gasteiger partial charge in [-0.15, -0.1) is 0 Å². The Balaban J connectivity index is 1.68. The van der Waals surface area contributed by atoms with Crippen molar-refractivity contribution in [1.82, 2.24) is 19.5 Å². The van der Waals surface area contributed by atoms with Crippen molar-refractivity contribution >= 4 is 17.1 Å². The van der Waals surface area contributed by atoms with Crippen molar-refractivity contribution in [2.75, 3.05) is 6.61 Å². The first-order valence-electron chi connectivity index (χ1n) is 8.14. The van der Waals surface area contributed by atoms with E-state index in [1.165, 1.54) is 13.3 Å². The van der Waals surface area contributed by atoms with E-state index in [9.17, 15) is 4.79 Å². The Morgan fingerprint density at radius 3 is 2.80 bits per heavy atom. The fourth-order valence-corrected chi connectivity index (χ4v) is 3.37. The average Bonchev–Trinajstić information content (AvgIpc) is 3.17. The van der Waals surface area contributed by atoms with Gasteiger partial charge >= 0.3 is 5.97 Å². The molecule has 4 atom stereocenters. The molecule has 0 saturated carbocycles. The molecule has 2 aliphatic heterocycles. The zero-order valence-electron chi connectivity index (χ0n) is 14.5. The Morgan fingerprint density at radius 2 is 2.04 bits per heavy atom. The monoisotopic (exact) mass is 348 g/mol. The molecule has 0 bridgehead atoms. The molecule has 9 nitrogen and oxygen atoms in total. The molecular formula is C16H20N4O5. The molecule has 0 unspecified atom stereocenters. The first-order chi connectivity index (χ1) is 11.9. The van der Waals surface area contributed by atoms with Crippen LogP contribution >= 0.6 is 0 Å². The number of hydrogen-bond donors (Lipinski definition) is 0. The summed E-state index contributed by atoms with van der Waals surface area (Å²) in [7, 11) is 0. The molecule has 2 saturated heterocycles. The number of nitrogens with zero attached hydrogens (tertiary/aromatic N) is 4. The quantitative estimate of drug-likeness (QED) is 0.761. The minimum absolute atomic E-state index is 0.104. The molecule has 0 N–H and O–H groups in total. The maximum atomic E-state index is 11.2. The highest BCUT2D eigenvalue weighted by atomic mass is 16.8. The van der Waals surface area contributed by atoms with E-state index >= 15 is 0 Å². The van der Waals surface area contributed by atoms with Gasteiger partial charge in [-0.3, -0.25) is 9.36 Å². The number of esters is 1. The molecule has 0 spiro atoms. The third-order valence-corrected chi connectivity index (χ3v) is 4.39. The zero-order chi connectivity index (χ0) is 17.8. The van der Waals surface area contributed by atoms with Gasteiger partial charge in [0.05, 0.1) is 12.0 Å². The van der Waals surface area contributed by atoms with E-state index in [0.717, 1.165) is 5.69 Å². The highest BCUT2D eigenvalue weighted by Gasteiger charge is 2.56. The van der Waals surface area contributed by atoms with Gasteiger partial charge in [-0.1, -0.05) is 0 Å². The SMILES string of the molecule is CC(=O)OC[C@H]1O[C@@H](n2cnc3c(C)ncnc32)[C@@H]2OC(C)(C)O[C@@H]21. The predicted octanol–water partition coefficient (Wildman–Crippen LogP) is 1.12. The molecule has 0 aliphatic carbocycles. The number of rotatable bonds is 3. The van der Waals surface area contributed by atoms with Crippen molar-refractivity contribution < 1.29 is 23.7 Å². The van der Waals surface area contributed by atoms with Gasteiger partial charge in [0.1, 0.15) is 36.8 Å². The van der Waals surface area contributed by atoms with Crippen molar-refractivity contribution in [3.63, 3.8) is 0 Å². The van der Waals surface area contributed by atoms with E-state index in [2.05, 4.69) is 15.0 Å². The minimum Gasteiger partial charge on any atom is -0.463 e. The lowest BCUT2D eigenvalue weighted by molar-refractivity contribution is -0.201. The molecular weight excluding hydrogens is 328 g/mol. The van der Waals surface area contributed by atoms with E-state index in [4.69, 9.17) is 18.9 Å². The molecule has 4 heterocycles. The van der Waals surface area contributed by atoms with Crippen LogP contribution in [-0.2, 0) is 23.7 Å². The highest BCUT2D eigenvalue weighted by Crippen LogP contribution is 2.43. The lowest BCUT2D eigenvalue weighted by atomic mass is 10.1. The van der Waals surface area contributed by atoms with Gasteiger partial charge in [0, 0.05) is 6.92 Å². The van der Waals surface area contributed by atoms with E-state index in [-0.39, 0.29) is 24.8 Å². The highest BCUT2D eigenvalue weighted by molar-refractivity contribution is 5.72. The third-order valence-electron chi connectivity index (χ3n) is 4.39. The Hall–Kier alpha value is -2.10. The Bertz CT molecular complexity index is 820. The van der Waals surface area contributed by atoms with Gasteiger partial charge in [-0.2, -0.15) is 0 Å². The zero-order valence-corrected chi connectivity index (χ0v) is 14.5. The summed E-state index contributed by atoms with van der Waals surface area (Å²) in [5.74, 6) is -1.11. The van der Waals surface area contributed by atoms with Gasteiger partial charge in [0.25, 0.3) is 0 Å². The normalized spacial score (nSPS) is 30.6. The summed E-state index contributed by atoms with van der Waals surface area (Å²) in [5, 5.41) is 0. The summed E-state index contributed by atoms with van der Waals surface area (Å²) in [6.45, 7) is 7.05. The van der Waals surface area contributed by atoms with Crippen LogP contribution in [0.15, 0.2) is 12.7 Å². The van der Waals surface area contributed by atoms with Crippen LogP contribution in [0.5, 0.6) is 0 Å². The van der Waals surface area contributed by atoms with Gasteiger partial charge in [0.15, 0.2) is 17.7 Å². The topological polar surface area (TPSA) is 97.6 Å². The summed E-state index contributed by atoms with van der Waals surface area (Å²) in [6, 6.07) is 0. The molecule has 2 aromatic heterocycles. The molecule has 25 heavy (non-hydrogen) atoms. The Morgan fingerprint density at radius 1 is 1.28 bits per heavy atom. The van der Waals surface area contributed by atoms with Crippen molar-refractivity contribution in [3.05, 3.63) is 18.3 Å². The minimum atomic E-state index is -0.743. The number of hydrogen-bond acceptors (Lipinski definition) is 8. The second kappa shape index (κ2) is 5.72. The molecule has 0 radical (unpaired) electrons. The van der Waals surface area contributed by atoms with E-state index < -0.39 is 18.1 Å². The van der Waals surface area contributed by atoms with Crippen LogP contribution in [-0.4, -0.2) is 56.2 Å². The molecule has 0 aromatic carbocycles. The van der Waals surface area contributed by atoms with Gasteiger partial charge < -0.3 is 18.9 Å². The molecule has 134 valence electrons. The van der Waals surface area contributed by atoms with Crippen LogP contribution < -0.4 is 0 Å². The largest absolute Gasteiger partial charge is 0.463 e. The maximum Gasteiger partial charge on any atom is 0.302 e. The number of carbonyl (C=O) groups is 1. The fourth-order valence-electron chi connectivity index (χ4n) is 3.37. The number of aryl methyl sites for hydroxylation is 1. The van der Waals surface area contributed by atoms with Crippen LogP contribution in [0, 0.1) is 6.92 Å². The molecule has 2 aromatic rings. The maximum absolute atomic E-state index is 11.2. The summed E-state index contributed by atoms with van der Waals surface area (Å²) in [5.41, 5.74) is 2.17. The van der Waals surface area contributed by atoms with Crippen molar-refractivity contribution in [1.29, 1.82) is 0 Å². The average molecular weight is 348 g/mol. The van der Waals surface area contributed by atoms with Crippen LogP contribution in [0.3, 0.4) is 0 Å². The van der Waals surface area contributed by atoms with Gasteiger partial charge in [-0.25, -0.2) is 15.0 Å². The summed E-state index contributed by atoms with van der Waals surface area (Å²) in [6.07, 6.45) is 1.54. The predicted molar refractivity (Wildman–Crippen MR) is 84.4 cm³/mol. The first-order valence-corrected chi connectivity index (χ1v) is 8.14. The van der Waals surface area contributed by atoms with Gasteiger partial charge in [-0.05, 0) is 20.8 Å². The molecule has 0 amide bonds. The fraction of sp³-hybridized carbons (Fsp3) is 0.625. The van der Waals surface area contributed by atoms with Crippen molar-refractivity contribution in [3.8, 4) is 0 Å². The number of aromatic nitrogens is 4. The first kappa shape index (κ1) is 16.4. The second-order valence-electron chi connectivity index (χ2n) is 6.72. The lowest BCUT2D eigenvalue weighted by Gasteiger charge is -2.24. The number of imidazole rings is 1. The van der Waals surface area contributed by atoms with Crippen LogP contribution in [0.4, 0.5) is 0 Å². The lowest BCUT2D eigenvalue weighted by Crippen LogP contribution is -2.33. The van der Waals surface area contributed by atoms with Crippen LogP contribution in [0.2, 0.25) is 0 Å². The summed E-state index contributed by atoms with van der Waals surface area (Å²) < 4.78 is 25.1. The van der Waals surface area contributed by atoms with E-state index in [1.807, 2.05) is 25.3 Å². The number of carbonyl (C=O) groups excluding carboxylic acids is 1. The molecule has 2 fully saturated rings. The smallest absolute Gasteiger partial charge is 0.302 e. The van der Waals surface area contributed by atoms with Crippen LogP contribution in [0.1, 0.15) is 32.7 Å². The summed E-state index contributed by atoms with van der Waals surface area (Å²) >= 11 is 0. The Kier molecular flexibility index (Phi) is 3.75. The third kappa shape index (κ3) is 2.78. The number of fused-ring (bicyclic) bond motifs is 2. The van der Waals surface area contributed by atoms with Gasteiger partial charge in [0.2, 0.25) is 0 Å². The van der Waals surface area contributed by atoms with Crippen molar-refractivity contribution in [2.45, 2.75) is 58.0 Å². The molecule has 4 rings (SSSR count). The van der Waals surface area contributed by atoms with Crippen molar-refractivity contribution in [2.24, 2.45) is 0 Å². The molecule has 2 aliphatic rings. The second-order valence-corrected chi connectivity index (χ2v) is 6.72. The van der Waals surface area contributed by atoms with E-state index in [1.54, 1.807) is 6.33 Å². The summed E-state index contributed by atoms with van der Waals surface area (Å²) in [4.78, 5) is 24.0. The van der Waals surface area contributed by atoms with Crippen LogP contribution in [0.25, 0.3) is 11.2 Å². The molecule has 9 heteroatoms. The number of ether oxygens (including phenoxy) is 4. The van der Waals surface area contributed by atoms with E-state index in [0.29, 0.717) is 11.2 Å². The standard InChI is InChI=1S/C16H20N4O5/c1-8-11-14(18-6-17-8)20(7-19-11)15-13-12(24-16(3,4)25-13)10(23-15)5-22-9(2)21/h6-7,10,12-13,15H,5H2,1-4H3/t10-,12-,13-,15-/m1/s1.